The fourth-order valence-corrected chi connectivity index (χ4v) is 2.80. The van der Waals surface area contributed by atoms with Crippen LogP contribution in [0.2, 0.25) is 0 Å². The molecule has 0 amide bonds. The molecule has 0 aliphatic carbocycles. The topological polar surface area (TPSA) is 51.2 Å². The molecule has 0 saturated carbocycles. The molecule has 0 aliphatic heterocycles. The minimum Gasteiger partial charge on any atom is -0.300 e. The van der Waals surface area contributed by atoms with Gasteiger partial charge in [-0.25, -0.2) is 8.42 Å². The van der Waals surface area contributed by atoms with Crippen molar-refractivity contribution in [3.8, 4) is 0 Å². The summed E-state index contributed by atoms with van der Waals surface area (Å²) in [5, 5.41) is 0. The van der Waals surface area contributed by atoms with E-state index < -0.39 is 9.84 Å². The lowest BCUT2D eigenvalue weighted by atomic mass is 10.0. The minimum absolute atomic E-state index is 0.0776. The van der Waals surface area contributed by atoms with Gasteiger partial charge in [-0.05, 0) is 30.5 Å². The number of carbonyl (C=O) groups is 1. The van der Waals surface area contributed by atoms with Crippen LogP contribution in [0.25, 0.3) is 0 Å². The van der Waals surface area contributed by atoms with E-state index in [-0.39, 0.29) is 18.0 Å². The SMILES string of the molecule is CC(=O)CCS(=O)(=O)c1ccc(C(C)C)cc1. The molecule has 94 valence electrons. The van der Waals surface area contributed by atoms with Crippen molar-refractivity contribution >= 4 is 15.6 Å². The summed E-state index contributed by atoms with van der Waals surface area (Å²) >= 11 is 0. The second kappa shape index (κ2) is 5.45. The molecule has 0 aliphatic rings. The summed E-state index contributed by atoms with van der Waals surface area (Å²) < 4.78 is 23.7. The molecule has 4 heteroatoms. The first-order chi connectivity index (χ1) is 7.83. The van der Waals surface area contributed by atoms with Crippen LogP contribution in [0.5, 0.6) is 0 Å². The minimum atomic E-state index is -3.32. The number of sulfone groups is 1. The lowest BCUT2D eigenvalue weighted by Gasteiger charge is -2.07. The maximum atomic E-state index is 11.9. The third-order valence-corrected chi connectivity index (χ3v) is 4.36. The van der Waals surface area contributed by atoms with Crippen LogP contribution in [0.15, 0.2) is 29.2 Å². The first kappa shape index (κ1) is 13.9. The molecule has 0 radical (unpaired) electrons. The Morgan fingerprint density at radius 3 is 2.12 bits per heavy atom. The Bertz CT molecular complexity index is 484. The van der Waals surface area contributed by atoms with E-state index in [2.05, 4.69) is 13.8 Å². The van der Waals surface area contributed by atoms with Gasteiger partial charge in [-0.15, -0.1) is 0 Å². The molecule has 0 atom stereocenters. The largest absolute Gasteiger partial charge is 0.300 e. The summed E-state index contributed by atoms with van der Waals surface area (Å²) in [6.07, 6.45) is 0.0776. The van der Waals surface area contributed by atoms with Gasteiger partial charge in [0.1, 0.15) is 5.78 Å². The average Bonchev–Trinajstić information content (AvgIpc) is 2.27. The Kier molecular flexibility index (Phi) is 4.46. The van der Waals surface area contributed by atoms with Crippen LogP contribution >= 0.6 is 0 Å². The zero-order valence-electron chi connectivity index (χ0n) is 10.4. The maximum absolute atomic E-state index is 11.9. The molecule has 1 aromatic rings. The molecule has 0 heterocycles. The van der Waals surface area contributed by atoms with Crippen LogP contribution in [0.4, 0.5) is 0 Å². The van der Waals surface area contributed by atoms with Gasteiger partial charge in [-0.3, -0.25) is 4.79 Å². The van der Waals surface area contributed by atoms with E-state index >= 15 is 0 Å². The van der Waals surface area contributed by atoms with Crippen LogP contribution in [0.3, 0.4) is 0 Å². The number of carbonyl (C=O) groups excluding carboxylic acids is 1. The van der Waals surface area contributed by atoms with Gasteiger partial charge in [0, 0.05) is 6.42 Å². The van der Waals surface area contributed by atoms with Gasteiger partial charge in [0.2, 0.25) is 0 Å². The second-order valence-electron chi connectivity index (χ2n) is 4.49. The van der Waals surface area contributed by atoms with Crippen molar-refractivity contribution in [2.45, 2.75) is 38.0 Å². The van der Waals surface area contributed by atoms with Crippen LogP contribution in [-0.4, -0.2) is 20.0 Å². The van der Waals surface area contributed by atoms with Crippen LogP contribution < -0.4 is 0 Å². The van der Waals surface area contributed by atoms with Gasteiger partial charge in [0.05, 0.1) is 10.6 Å². The summed E-state index contributed by atoms with van der Waals surface area (Å²) in [7, 11) is -3.32. The third kappa shape index (κ3) is 3.97. The van der Waals surface area contributed by atoms with E-state index in [1.54, 1.807) is 12.1 Å². The zero-order valence-corrected chi connectivity index (χ0v) is 11.3. The molecule has 0 N–H and O–H groups in total. The van der Waals surface area contributed by atoms with Crippen molar-refractivity contribution in [2.24, 2.45) is 0 Å². The monoisotopic (exact) mass is 254 g/mol. The highest BCUT2D eigenvalue weighted by molar-refractivity contribution is 7.91. The lowest BCUT2D eigenvalue weighted by molar-refractivity contribution is -0.116. The Morgan fingerprint density at radius 2 is 1.71 bits per heavy atom. The molecule has 1 aromatic carbocycles. The Hall–Kier alpha value is -1.16. The predicted molar refractivity (Wildman–Crippen MR) is 67.9 cm³/mol. The molecule has 0 unspecified atom stereocenters. The molecule has 0 bridgehead atoms. The van der Waals surface area contributed by atoms with E-state index in [1.807, 2.05) is 12.1 Å². The van der Waals surface area contributed by atoms with Gasteiger partial charge in [0.25, 0.3) is 0 Å². The third-order valence-electron chi connectivity index (χ3n) is 2.63. The predicted octanol–water partition coefficient (Wildman–Crippen LogP) is 2.56. The van der Waals surface area contributed by atoms with E-state index in [0.717, 1.165) is 5.56 Å². The van der Waals surface area contributed by atoms with Crippen LogP contribution in [-0.2, 0) is 14.6 Å². The molecular formula is C13H18O3S. The number of hydrogen-bond acceptors (Lipinski definition) is 3. The Morgan fingerprint density at radius 1 is 1.18 bits per heavy atom. The van der Waals surface area contributed by atoms with Crippen molar-refractivity contribution < 1.29 is 13.2 Å². The standard InChI is InChI=1S/C13H18O3S/c1-10(2)12-4-6-13(7-5-12)17(15,16)9-8-11(3)14/h4-7,10H,8-9H2,1-3H3. The van der Waals surface area contributed by atoms with Crippen LogP contribution in [0.1, 0.15) is 38.7 Å². The molecule has 17 heavy (non-hydrogen) atoms. The Balaban J connectivity index is 2.89. The molecule has 1 rings (SSSR count). The molecule has 0 aromatic heterocycles. The molecule has 3 nitrogen and oxygen atoms in total. The summed E-state index contributed by atoms with van der Waals surface area (Å²) in [6, 6.07) is 6.88. The van der Waals surface area contributed by atoms with Crippen LogP contribution in [0, 0.1) is 0 Å². The number of ketones is 1. The highest BCUT2D eigenvalue weighted by atomic mass is 32.2. The van der Waals surface area contributed by atoms with Crippen molar-refractivity contribution in [2.75, 3.05) is 5.75 Å². The number of hydrogen-bond donors (Lipinski definition) is 0. The average molecular weight is 254 g/mol. The van der Waals surface area contributed by atoms with E-state index in [9.17, 15) is 13.2 Å². The molecule has 0 spiro atoms. The van der Waals surface area contributed by atoms with Gasteiger partial charge >= 0.3 is 0 Å². The summed E-state index contributed by atoms with van der Waals surface area (Å²) in [4.78, 5) is 11.1. The van der Waals surface area contributed by atoms with Crippen molar-refractivity contribution in [3.05, 3.63) is 29.8 Å². The highest BCUT2D eigenvalue weighted by Crippen LogP contribution is 2.18. The smallest absolute Gasteiger partial charge is 0.178 e. The van der Waals surface area contributed by atoms with Crippen molar-refractivity contribution in [1.82, 2.24) is 0 Å². The number of Topliss-reactive ketones (excluding diaryl/α,β-unsaturated/α-hetero) is 1. The number of rotatable bonds is 5. The van der Waals surface area contributed by atoms with Gasteiger partial charge in [-0.2, -0.15) is 0 Å². The van der Waals surface area contributed by atoms with Crippen molar-refractivity contribution in [3.63, 3.8) is 0 Å². The first-order valence-electron chi connectivity index (χ1n) is 5.65. The lowest BCUT2D eigenvalue weighted by Crippen LogP contribution is -2.09. The quantitative estimate of drug-likeness (QED) is 0.811. The van der Waals surface area contributed by atoms with Gasteiger partial charge in [-0.1, -0.05) is 26.0 Å². The van der Waals surface area contributed by atoms with Gasteiger partial charge in [0.15, 0.2) is 9.84 Å². The molecule has 0 saturated heterocycles. The normalized spacial score (nSPS) is 11.8. The van der Waals surface area contributed by atoms with Crippen molar-refractivity contribution in [1.29, 1.82) is 0 Å². The molecular weight excluding hydrogens is 236 g/mol. The fourth-order valence-electron chi connectivity index (χ4n) is 1.46. The van der Waals surface area contributed by atoms with E-state index in [0.29, 0.717) is 10.8 Å². The molecule has 0 fully saturated rings. The summed E-state index contributed by atoms with van der Waals surface area (Å²) in [5.74, 6) is 0.167. The second-order valence-corrected chi connectivity index (χ2v) is 6.60. The first-order valence-corrected chi connectivity index (χ1v) is 7.30. The van der Waals surface area contributed by atoms with E-state index in [4.69, 9.17) is 0 Å². The zero-order chi connectivity index (χ0) is 13.1. The van der Waals surface area contributed by atoms with Gasteiger partial charge < -0.3 is 0 Å². The number of benzene rings is 1. The summed E-state index contributed by atoms with van der Waals surface area (Å²) in [5.41, 5.74) is 1.11. The highest BCUT2D eigenvalue weighted by Gasteiger charge is 2.15. The maximum Gasteiger partial charge on any atom is 0.178 e. The summed E-state index contributed by atoms with van der Waals surface area (Å²) in [6.45, 7) is 5.51. The van der Waals surface area contributed by atoms with E-state index in [1.165, 1.54) is 6.92 Å². The fraction of sp³-hybridized carbons (Fsp3) is 0.462. The Labute approximate surface area is 103 Å².